The Bertz CT molecular complexity index is 408. The number of anilines is 1. The first kappa shape index (κ1) is 16.0. The van der Waals surface area contributed by atoms with Gasteiger partial charge in [0.05, 0.1) is 0 Å². The molecule has 1 aromatic rings. The highest BCUT2D eigenvalue weighted by Crippen LogP contribution is 2.28. The Morgan fingerprint density at radius 1 is 1.26 bits per heavy atom. The van der Waals surface area contributed by atoms with Crippen LogP contribution < -0.4 is 10.6 Å². The van der Waals surface area contributed by atoms with Crippen molar-refractivity contribution in [2.45, 2.75) is 47.0 Å². The highest BCUT2D eigenvalue weighted by molar-refractivity contribution is 5.55. The van der Waals surface area contributed by atoms with Crippen molar-refractivity contribution in [3.05, 3.63) is 29.3 Å². The second-order valence-corrected chi connectivity index (χ2v) is 6.76. The van der Waals surface area contributed by atoms with Crippen molar-refractivity contribution in [3.63, 3.8) is 0 Å². The molecule has 0 atom stereocenters. The van der Waals surface area contributed by atoms with Crippen LogP contribution in [0.1, 0.15) is 51.2 Å². The summed E-state index contributed by atoms with van der Waals surface area (Å²) in [6.07, 6.45) is 1.06. The molecule has 0 aliphatic heterocycles. The molecule has 0 heterocycles. The largest absolute Gasteiger partial charge is 0.374 e. The Labute approximate surface area is 119 Å². The fraction of sp³-hybridized carbons (Fsp3) is 0.647. The number of benzene rings is 1. The van der Waals surface area contributed by atoms with Crippen LogP contribution in [0.5, 0.6) is 0 Å². The van der Waals surface area contributed by atoms with Gasteiger partial charge in [-0.05, 0) is 48.4 Å². The molecule has 19 heavy (non-hydrogen) atoms. The molecular weight excluding hydrogens is 232 g/mol. The molecule has 0 aliphatic carbocycles. The van der Waals surface area contributed by atoms with Gasteiger partial charge in [0.15, 0.2) is 0 Å². The second-order valence-electron chi connectivity index (χ2n) is 6.76. The lowest BCUT2D eigenvalue weighted by Gasteiger charge is -2.32. The molecule has 0 bridgehead atoms. The molecule has 108 valence electrons. The Hall–Kier alpha value is -1.02. The highest BCUT2D eigenvalue weighted by atomic mass is 15.1. The summed E-state index contributed by atoms with van der Waals surface area (Å²) in [6, 6.07) is 6.80. The molecule has 0 fully saturated rings. The first-order valence-electron chi connectivity index (χ1n) is 7.28. The van der Waals surface area contributed by atoms with Gasteiger partial charge in [-0.1, -0.05) is 39.8 Å². The number of hydrogen-bond acceptors (Lipinski definition) is 2. The zero-order valence-electron chi connectivity index (χ0n) is 13.5. The number of rotatable bonds is 6. The first-order valence-corrected chi connectivity index (χ1v) is 7.28. The van der Waals surface area contributed by atoms with Crippen molar-refractivity contribution in [1.29, 1.82) is 0 Å². The van der Waals surface area contributed by atoms with E-state index in [1.165, 1.54) is 16.8 Å². The van der Waals surface area contributed by atoms with Crippen LogP contribution in [0.15, 0.2) is 18.2 Å². The third-order valence-corrected chi connectivity index (χ3v) is 3.80. The molecule has 0 radical (unpaired) electrons. The molecule has 0 amide bonds. The van der Waals surface area contributed by atoms with E-state index in [2.05, 4.69) is 64.8 Å². The first-order chi connectivity index (χ1) is 8.76. The predicted octanol–water partition coefficient (Wildman–Crippen LogP) is 3.93. The summed E-state index contributed by atoms with van der Waals surface area (Å²) in [5.74, 6) is 0.574. The normalized spacial score (nSPS) is 12.0. The minimum absolute atomic E-state index is 0.254. The van der Waals surface area contributed by atoms with Crippen LogP contribution in [0, 0.1) is 12.3 Å². The van der Waals surface area contributed by atoms with Crippen LogP contribution in [0.3, 0.4) is 0 Å². The third kappa shape index (κ3) is 4.54. The zero-order chi connectivity index (χ0) is 14.6. The second kappa shape index (κ2) is 6.42. The van der Waals surface area contributed by atoms with Crippen molar-refractivity contribution in [1.82, 2.24) is 0 Å². The number of aryl methyl sites for hydroxylation is 1. The van der Waals surface area contributed by atoms with Crippen molar-refractivity contribution in [2.75, 3.05) is 25.0 Å². The maximum absolute atomic E-state index is 5.70. The quantitative estimate of drug-likeness (QED) is 0.841. The van der Waals surface area contributed by atoms with Gasteiger partial charge in [0.2, 0.25) is 0 Å². The van der Waals surface area contributed by atoms with E-state index in [1.807, 2.05) is 0 Å². The van der Waals surface area contributed by atoms with E-state index in [0.717, 1.165) is 19.5 Å². The zero-order valence-corrected chi connectivity index (χ0v) is 13.5. The summed E-state index contributed by atoms with van der Waals surface area (Å²) in [5, 5.41) is 0. The molecule has 0 unspecified atom stereocenters. The van der Waals surface area contributed by atoms with Crippen LogP contribution >= 0.6 is 0 Å². The van der Waals surface area contributed by atoms with E-state index < -0.39 is 0 Å². The van der Waals surface area contributed by atoms with Gasteiger partial charge in [-0.3, -0.25) is 0 Å². The van der Waals surface area contributed by atoms with Gasteiger partial charge in [-0.2, -0.15) is 0 Å². The highest BCUT2D eigenvalue weighted by Gasteiger charge is 2.20. The molecule has 0 aromatic heterocycles. The van der Waals surface area contributed by atoms with E-state index in [0.29, 0.717) is 5.92 Å². The lowest BCUT2D eigenvalue weighted by molar-refractivity contribution is 0.347. The molecule has 2 N–H and O–H groups in total. The number of hydrogen-bond donors (Lipinski definition) is 1. The van der Waals surface area contributed by atoms with E-state index >= 15 is 0 Å². The molecule has 2 heteroatoms. The van der Waals surface area contributed by atoms with Gasteiger partial charge in [-0.25, -0.2) is 0 Å². The van der Waals surface area contributed by atoms with Crippen molar-refractivity contribution in [2.24, 2.45) is 11.1 Å². The Morgan fingerprint density at radius 2 is 1.89 bits per heavy atom. The summed E-state index contributed by atoms with van der Waals surface area (Å²) in [7, 11) is 2.19. The van der Waals surface area contributed by atoms with Crippen LogP contribution in [0.4, 0.5) is 5.69 Å². The smallest absolute Gasteiger partial charge is 0.0396 e. The average molecular weight is 262 g/mol. The lowest BCUT2D eigenvalue weighted by atomic mass is 9.88. The molecule has 2 nitrogen and oxygen atoms in total. The van der Waals surface area contributed by atoms with Gasteiger partial charge in [0.25, 0.3) is 0 Å². The van der Waals surface area contributed by atoms with E-state index in [9.17, 15) is 0 Å². The standard InChI is InChI=1S/C17H30N2/c1-13(2)15-8-7-14(3)16(11-15)19(6)12-17(4,5)9-10-18/h7-8,11,13H,9-10,12,18H2,1-6H3. The summed E-state index contributed by atoms with van der Waals surface area (Å²) >= 11 is 0. The minimum atomic E-state index is 0.254. The van der Waals surface area contributed by atoms with Crippen LogP contribution in [0.25, 0.3) is 0 Å². The fourth-order valence-corrected chi connectivity index (χ4v) is 2.59. The number of nitrogens with zero attached hydrogens (tertiary/aromatic N) is 1. The predicted molar refractivity (Wildman–Crippen MR) is 86.0 cm³/mol. The lowest BCUT2D eigenvalue weighted by Crippen LogP contribution is -2.33. The topological polar surface area (TPSA) is 29.3 Å². The monoisotopic (exact) mass is 262 g/mol. The maximum atomic E-state index is 5.70. The van der Waals surface area contributed by atoms with Gasteiger partial charge in [0, 0.05) is 19.3 Å². The van der Waals surface area contributed by atoms with Crippen molar-refractivity contribution < 1.29 is 0 Å². The van der Waals surface area contributed by atoms with Crippen LogP contribution in [0.2, 0.25) is 0 Å². The van der Waals surface area contributed by atoms with Gasteiger partial charge in [-0.15, -0.1) is 0 Å². The van der Waals surface area contributed by atoms with Crippen molar-refractivity contribution in [3.8, 4) is 0 Å². The SMILES string of the molecule is Cc1ccc(C(C)C)cc1N(C)CC(C)(C)CCN. The van der Waals surface area contributed by atoms with Crippen molar-refractivity contribution >= 4 is 5.69 Å². The molecule has 1 rings (SSSR count). The van der Waals surface area contributed by atoms with Crippen LogP contribution in [-0.4, -0.2) is 20.1 Å². The van der Waals surface area contributed by atoms with Gasteiger partial charge in [0.1, 0.15) is 0 Å². The Kier molecular flexibility index (Phi) is 5.42. The Balaban J connectivity index is 2.92. The fourth-order valence-electron chi connectivity index (χ4n) is 2.59. The average Bonchev–Trinajstić information content (AvgIpc) is 2.28. The van der Waals surface area contributed by atoms with Crippen LogP contribution in [-0.2, 0) is 0 Å². The third-order valence-electron chi connectivity index (χ3n) is 3.80. The molecule has 0 aliphatic rings. The maximum Gasteiger partial charge on any atom is 0.0396 e. The number of nitrogens with two attached hydrogens (primary N) is 1. The minimum Gasteiger partial charge on any atom is -0.374 e. The van der Waals surface area contributed by atoms with Gasteiger partial charge >= 0.3 is 0 Å². The molecule has 1 aromatic carbocycles. The summed E-state index contributed by atoms with van der Waals surface area (Å²) in [6.45, 7) is 13.0. The molecule has 0 saturated heterocycles. The molecule has 0 saturated carbocycles. The van der Waals surface area contributed by atoms with E-state index in [4.69, 9.17) is 5.73 Å². The summed E-state index contributed by atoms with van der Waals surface area (Å²) in [4.78, 5) is 2.37. The van der Waals surface area contributed by atoms with E-state index in [-0.39, 0.29) is 5.41 Å². The molecular formula is C17H30N2. The molecule has 0 spiro atoms. The summed E-state index contributed by atoms with van der Waals surface area (Å²) < 4.78 is 0. The van der Waals surface area contributed by atoms with E-state index in [1.54, 1.807) is 0 Å². The summed E-state index contributed by atoms with van der Waals surface area (Å²) in [5.41, 5.74) is 10.1. The Morgan fingerprint density at radius 3 is 2.42 bits per heavy atom. The van der Waals surface area contributed by atoms with Gasteiger partial charge < -0.3 is 10.6 Å².